The molecule has 0 fully saturated rings. The van der Waals surface area contributed by atoms with Gasteiger partial charge in [-0.15, -0.1) is 0 Å². The zero-order valence-electron chi connectivity index (χ0n) is 29.1. The first kappa shape index (κ1) is 30.3. The number of benzene rings is 7. The molecule has 7 aromatic carbocycles. The third kappa shape index (κ3) is 4.85. The molecule has 0 aliphatic carbocycles. The topological polar surface area (TPSA) is 43.9 Å². The van der Waals surface area contributed by atoms with Gasteiger partial charge in [0.1, 0.15) is 11.2 Å². The van der Waals surface area contributed by atoms with Crippen LogP contribution in [0.4, 0.5) is 0 Å². The second-order valence-corrected chi connectivity index (χ2v) is 13.8. The summed E-state index contributed by atoms with van der Waals surface area (Å²) in [6, 6.07) is 64.3. The first-order valence-corrected chi connectivity index (χ1v) is 18.2. The lowest BCUT2D eigenvalue weighted by atomic mass is 9.95. The van der Waals surface area contributed by atoms with E-state index in [0.29, 0.717) is 0 Å². The van der Waals surface area contributed by atoms with Crippen molar-refractivity contribution in [3.8, 4) is 50.3 Å². The van der Waals surface area contributed by atoms with E-state index in [1.165, 1.54) is 27.4 Å². The molecule has 0 aliphatic rings. The van der Waals surface area contributed by atoms with Crippen molar-refractivity contribution in [3.63, 3.8) is 0 Å². The summed E-state index contributed by atoms with van der Waals surface area (Å²) in [6.45, 7) is 0. The molecule has 4 aromatic heterocycles. The Bertz CT molecular complexity index is 3200. The number of hydrogen-bond donors (Lipinski definition) is 0. The molecule has 0 spiro atoms. The zero-order valence-corrected chi connectivity index (χ0v) is 29.1. The number of aromatic nitrogens is 3. The summed E-state index contributed by atoms with van der Waals surface area (Å²) in [5, 5.41) is 4.69. The number of furan rings is 1. The summed E-state index contributed by atoms with van der Waals surface area (Å²) in [4.78, 5) is 9.71. The van der Waals surface area contributed by atoms with Crippen LogP contribution in [-0.4, -0.2) is 14.5 Å². The molecule has 4 heteroatoms. The molecule has 4 heterocycles. The highest BCUT2D eigenvalue weighted by Gasteiger charge is 2.17. The van der Waals surface area contributed by atoms with E-state index in [0.717, 1.165) is 77.7 Å². The second-order valence-electron chi connectivity index (χ2n) is 13.8. The maximum absolute atomic E-state index is 6.46. The molecule has 0 N–H and O–H groups in total. The minimum absolute atomic E-state index is 0.876. The zero-order chi connectivity index (χ0) is 35.6. The van der Waals surface area contributed by atoms with E-state index < -0.39 is 0 Å². The summed E-state index contributed by atoms with van der Waals surface area (Å²) in [5.74, 6) is 0. The lowest BCUT2D eigenvalue weighted by Gasteiger charge is -2.11. The predicted molar refractivity (Wildman–Crippen MR) is 223 cm³/mol. The maximum atomic E-state index is 6.46. The summed E-state index contributed by atoms with van der Waals surface area (Å²) in [6.07, 6.45) is 1.83. The van der Waals surface area contributed by atoms with Crippen molar-refractivity contribution in [2.24, 2.45) is 0 Å². The van der Waals surface area contributed by atoms with Crippen LogP contribution in [0.5, 0.6) is 0 Å². The maximum Gasteiger partial charge on any atom is 0.136 e. The Morgan fingerprint density at radius 2 is 1.11 bits per heavy atom. The first-order valence-electron chi connectivity index (χ1n) is 18.2. The highest BCUT2D eigenvalue weighted by atomic mass is 16.3. The van der Waals surface area contributed by atoms with Crippen molar-refractivity contribution < 1.29 is 4.42 Å². The standard InChI is InChI=1S/C50H31N3O/c1-3-11-32(12-4-1)40-31-44(52-43-17-10-28-51-50(40)43)34-22-20-33(21-23-34)38-16-9-19-48-49(38)42-30-36(25-27-47(42)54-48)35-24-26-46-41(29-35)39-15-7-8-18-45(39)53(46)37-13-5-2-6-14-37/h1-31H. The third-order valence-corrected chi connectivity index (χ3v) is 10.7. The van der Waals surface area contributed by atoms with Crippen LogP contribution < -0.4 is 0 Å². The number of hydrogen-bond acceptors (Lipinski definition) is 3. The van der Waals surface area contributed by atoms with Crippen molar-refractivity contribution in [1.82, 2.24) is 14.5 Å². The molecule has 0 radical (unpaired) electrons. The molecule has 0 unspecified atom stereocenters. The molecule has 0 saturated carbocycles. The van der Waals surface area contributed by atoms with Crippen molar-refractivity contribution in [2.75, 3.05) is 0 Å². The van der Waals surface area contributed by atoms with Gasteiger partial charge in [-0.25, -0.2) is 4.98 Å². The largest absolute Gasteiger partial charge is 0.456 e. The van der Waals surface area contributed by atoms with E-state index in [4.69, 9.17) is 9.40 Å². The van der Waals surface area contributed by atoms with E-state index >= 15 is 0 Å². The lowest BCUT2D eigenvalue weighted by molar-refractivity contribution is 0.669. The lowest BCUT2D eigenvalue weighted by Crippen LogP contribution is -1.92. The van der Waals surface area contributed by atoms with Gasteiger partial charge in [0.25, 0.3) is 0 Å². The summed E-state index contributed by atoms with van der Waals surface area (Å²) >= 11 is 0. The van der Waals surface area contributed by atoms with E-state index in [2.05, 4.69) is 173 Å². The molecule has 4 nitrogen and oxygen atoms in total. The number of pyridine rings is 2. The Morgan fingerprint density at radius 1 is 0.426 bits per heavy atom. The van der Waals surface area contributed by atoms with Gasteiger partial charge >= 0.3 is 0 Å². The van der Waals surface area contributed by atoms with Gasteiger partial charge < -0.3 is 8.98 Å². The minimum atomic E-state index is 0.876. The molecule has 0 amide bonds. The molecular weight excluding hydrogens is 659 g/mol. The molecule has 0 saturated heterocycles. The average Bonchev–Trinajstić information content (AvgIpc) is 3.79. The SMILES string of the molecule is c1ccc(-c2cc(-c3ccc(-c4cccc5oc6ccc(-c7ccc8c(c7)c7ccccc7n8-c7ccccc7)cc6c45)cc3)nc3cccnc23)cc1. The number of para-hydroxylation sites is 2. The van der Waals surface area contributed by atoms with Crippen LogP contribution in [-0.2, 0) is 0 Å². The van der Waals surface area contributed by atoms with Crippen LogP contribution in [0.25, 0.3) is 105 Å². The summed E-state index contributed by atoms with van der Waals surface area (Å²) in [5.41, 5.74) is 15.8. The molecule has 252 valence electrons. The van der Waals surface area contributed by atoms with E-state index in [-0.39, 0.29) is 0 Å². The van der Waals surface area contributed by atoms with Crippen LogP contribution in [0.2, 0.25) is 0 Å². The van der Waals surface area contributed by atoms with E-state index in [9.17, 15) is 0 Å². The van der Waals surface area contributed by atoms with Crippen molar-refractivity contribution in [2.45, 2.75) is 0 Å². The number of rotatable bonds is 5. The first-order chi connectivity index (χ1) is 26.8. The Hall–Kier alpha value is -7.30. The van der Waals surface area contributed by atoms with Crippen LogP contribution in [0, 0.1) is 0 Å². The van der Waals surface area contributed by atoms with Gasteiger partial charge in [-0.2, -0.15) is 0 Å². The minimum Gasteiger partial charge on any atom is -0.456 e. The van der Waals surface area contributed by atoms with Crippen molar-refractivity contribution >= 4 is 54.8 Å². The fraction of sp³-hybridized carbons (Fsp3) is 0. The van der Waals surface area contributed by atoms with Gasteiger partial charge in [-0.3, -0.25) is 4.98 Å². The molecule has 0 aliphatic heterocycles. The second kappa shape index (κ2) is 12.1. The van der Waals surface area contributed by atoms with Gasteiger partial charge in [-0.05, 0) is 94.5 Å². The molecule has 54 heavy (non-hydrogen) atoms. The fourth-order valence-corrected chi connectivity index (χ4v) is 8.12. The number of fused-ring (bicyclic) bond motifs is 7. The highest BCUT2D eigenvalue weighted by molar-refractivity contribution is 6.14. The van der Waals surface area contributed by atoms with E-state index in [1.807, 2.05) is 24.4 Å². The molecule has 0 bridgehead atoms. The predicted octanol–water partition coefficient (Wildman–Crippen LogP) is 13.3. The van der Waals surface area contributed by atoms with Crippen LogP contribution in [0.3, 0.4) is 0 Å². The molecule has 0 atom stereocenters. The third-order valence-electron chi connectivity index (χ3n) is 10.7. The van der Waals surface area contributed by atoms with Crippen LogP contribution >= 0.6 is 0 Å². The van der Waals surface area contributed by atoms with Crippen LogP contribution in [0.15, 0.2) is 193 Å². The Labute approximate surface area is 311 Å². The molecule has 11 aromatic rings. The molecular formula is C50H31N3O. The summed E-state index contributed by atoms with van der Waals surface area (Å²) < 4.78 is 8.81. The number of nitrogens with zero attached hydrogens (tertiary/aromatic N) is 3. The Kier molecular flexibility index (Phi) is 6.82. The average molecular weight is 690 g/mol. The summed E-state index contributed by atoms with van der Waals surface area (Å²) in [7, 11) is 0. The highest BCUT2D eigenvalue weighted by Crippen LogP contribution is 2.41. The van der Waals surface area contributed by atoms with Crippen LogP contribution in [0.1, 0.15) is 0 Å². The van der Waals surface area contributed by atoms with Gasteiger partial charge in [0.05, 0.1) is 27.8 Å². The smallest absolute Gasteiger partial charge is 0.136 e. The van der Waals surface area contributed by atoms with Crippen molar-refractivity contribution in [1.29, 1.82) is 0 Å². The van der Waals surface area contributed by atoms with Gasteiger partial charge in [0, 0.05) is 44.6 Å². The Balaban J connectivity index is 1.01. The van der Waals surface area contributed by atoms with Gasteiger partial charge in [0.15, 0.2) is 0 Å². The van der Waals surface area contributed by atoms with Gasteiger partial charge in [-0.1, -0.05) is 115 Å². The quantitative estimate of drug-likeness (QED) is 0.181. The monoisotopic (exact) mass is 689 g/mol. The Morgan fingerprint density at radius 3 is 1.96 bits per heavy atom. The molecule has 11 rings (SSSR count). The normalized spacial score (nSPS) is 11.7. The fourth-order valence-electron chi connectivity index (χ4n) is 8.12. The van der Waals surface area contributed by atoms with Gasteiger partial charge in [0.2, 0.25) is 0 Å². The van der Waals surface area contributed by atoms with E-state index in [1.54, 1.807) is 0 Å². The van der Waals surface area contributed by atoms with Crippen molar-refractivity contribution in [3.05, 3.63) is 188 Å².